The lowest BCUT2D eigenvalue weighted by Crippen LogP contribution is -2.01. The van der Waals surface area contributed by atoms with Gasteiger partial charge in [-0.3, -0.25) is 0 Å². The van der Waals surface area contributed by atoms with Crippen molar-refractivity contribution in [3.8, 4) is 0 Å². The normalized spacial score (nSPS) is 15.5. The van der Waals surface area contributed by atoms with Crippen molar-refractivity contribution in [3.63, 3.8) is 0 Å². The van der Waals surface area contributed by atoms with E-state index in [2.05, 4.69) is 63.3 Å². The topological polar surface area (TPSA) is 23.9 Å². The molecule has 1 aliphatic carbocycles. The summed E-state index contributed by atoms with van der Waals surface area (Å²) < 4.78 is 0. The molecule has 116 valence electrons. The van der Waals surface area contributed by atoms with Gasteiger partial charge in [-0.05, 0) is 60.8 Å². The minimum atomic E-state index is 0.722. The first-order valence-corrected chi connectivity index (χ1v) is 8.24. The molecule has 0 amide bonds. The lowest BCUT2D eigenvalue weighted by atomic mass is 9.89. The van der Waals surface area contributed by atoms with Gasteiger partial charge in [-0.2, -0.15) is 0 Å². The number of benzene rings is 1. The van der Waals surface area contributed by atoms with E-state index in [1.54, 1.807) is 5.57 Å². The molecule has 22 heavy (non-hydrogen) atoms. The van der Waals surface area contributed by atoms with Crippen molar-refractivity contribution in [2.24, 2.45) is 5.92 Å². The van der Waals surface area contributed by atoms with E-state index in [4.69, 9.17) is 5.41 Å². The number of allylic oxidation sites excluding steroid dienone is 6. The van der Waals surface area contributed by atoms with Crippen LogP contribution in [0.2, 0.25) is 0 Å². The van der Waals surface area contributed by atoms with Crippen LogP contribution >= 0.6 is 0 Å². The number of hydrogen-bond donors (Lipinski definition) is 1. The predicted molar refractivity (Wildman–Crippen MR) is 96.6 cm³/mol. The molecule has 0 bridgehead atoms. The van der Waals surface area contributed by atoms with Crippen LogP contribution in [-0.2, 0) is 6.42 Å². The maximum absolute atomic E-state index is 7.72. The SMILES string of the molecule is Cc1ccccc1C/C=C(\C=N)C1=CC=C(CC(C)C)CC1. The minimum Gasteiger partial charge on any atom is -0.308 e. The zero-order chi connectivity index (χ0) is 15.9. The fourth-order valence-corrected chi connectivity index (χ4v) is 2.96. The maximum Gasteiger partial charge on any atom is 0.0249 e. The molecular weight excluding hydrogens is 266 g/mol. The Morgan fingerprint density at radius 1 is 1.18 bits per heavy atom. The van der Waals surface area contributed by atoms with Gasteiger partial charge in [-0.15, -0.1) is 0 Å². The van der Waals surface area contributed by atoms with Crippen molar-refractivity contribution < 1.29 is 0 Å². The zero-order valence-electron chi connectivity index (χ0n) is 14.0. The van der Waals surface area contributed by atoms with E-state index >= 15 is 0 Å². The maximum atomic E-state index is 7.72. The molecular formula is C21H27N. The third kappa shape index (κ3) is 4.56. The molecule has 1 aliphatic rings. The molecule has 0 radical (unpaired) electrons. The van der Waals surface area contributed by atoms with Gasteiger partial charge in [0.2, 0.25) is 0 Å². The van der Waals surface area contributed by atoms with Crippen LogP contribution < -0.4 is 0 Å². The van der Waals surface area contributed by atoms with Crippen molar-refractivity contribution >= 4 is 6.21 Å². The van der Waals surface area contributed by atoms with Crippen LogP contribution in [0, 0.1) is 18.3 Å². The van der Waals surface area contributed by atoms with Crippen molar-refractivity contribution in [2.45, 2.75) is 46.5 Å². The number of nitrogens with one attached hydrogen (secondary N) is 1. The van der Waals surface area contributed by atoms with Crippen LogP contribution in [0.15, 0.2) is 59.2 Å². The van der Waals surface area contributed by atoms with Gasteiger partial charge in [0.1, 0.15) is 0 Å². The predicted octanol–water partition coefficient (Wildman–Crippen LogP) is 5.81. The third-order valence-corrected chi connectivity index (χ3v) is 4.24. The fourth-order valence-electron chi connectivity index (χ4n) is 2.96. The average Bonchev–Trinajstić information content (AvgIpc) is 2.50. The molecule has 0 heterocycles. The zero-order valence-corrected chi connectivity index (χ0v) is 14.0. The summed E-state index contributed by atoms with van der Waals surface area (Å²) >= 11 is 0. The summed E-state index contributed by atoms with van der Waals surface area (Å²) in [5.41, 5.74) is 6.58. The van der Waals surface area contributed by atoms with Crippen LogP contribution in [0.4, 0.5) is 0 Å². The van der Waals surface area contributed by atoms with Gasteiger partial charge in [0.25, 0.3) is 0 Å². The highest BCUT2D eigenvalue weighted by molar-refractivity contribution is 5.82. The highest BCUT2D eigenvalue weighted by Crippen LogP contribution is 2.27. The summed E-state index contributed by atoms with van der Waals surface area (Å²) in [6.07, 6.45) is 12.5. The molecule has 0 saturated carbocycles. The summed E-state index contributed by atoms with van der Waals surface area (Å²) in [7, 11) is 0. The third-order valence-electron chi connectivity index (χ3n) is 4.24. The molecule has 0 aliphatic heterocycles. The molecule has 1 nitrogen and oxygen atoms in total. The number of aryl methyl sites for hydroxylation is 1. The molecule has 0 aromatic heterocycles. The van der Waals surface area contributed by atoms with Gasteiger partial charge in [-0.1, -0.05) is 61.9 Å². The summed E-state index contributed by atoms with van der Waals surface area (Å²) in [5, 5.41) is 7.72. The summed E-state index contributed by atoms with van der Waals surface area (Å²) in [5.74, 6) is 0.722. The second-order valence-electron chi connectivity index (χ2n) is 6.55. The van der Waals surface area contributed by atoms with Gasteiger partial charge in [0, 0.05) is 6.21 Å². The lowest BCUT2D eigenvalue weighted by molar-refractivity contribution is 0.621. The molecule has 0 fully saturated rings. The Morgan fingerprint density at radius 2 is 1.95 bits per heavy atom. The Hall–Kier alpha value is -1.89. The monoisotopic (exact) mass is 293 g/mol. The Bertz CT molecular complexity index is 615. The van der Waals surface area contributed by atoms with E-state index in [9.17, 15) is 0 Å². The van der Waals surface area contributed by atoms with Crippen LogP contribution in [0.25, 0.3) is 0 Å². The van der Waals surface area contributed by atoms with Gasteiger partial charge >= 0.3 is 0 Å². The number of rotatable bonds is 6. The van der Waals surface area contributed by atoms with Crippen LogP contribution in [0.3, 0.4) is 0 Å². The van der Waals surface area contributed by atoms with Gasteiger partial charge in [0.05, 0.1) is 0 Å². The molecule has 0 spiro atoms. The Labute approximate surface area is 135 Å². The summed E-state index contributed by atoms with van der Waals surface area (Å²) in [4.78, 5) is 0. The highest BCUT2D eigenvalue weighted by atomic mass is 14.3. The van der Waals surface area contributed by atoms with E-state index in [1.165, 1.54) is 29.3 Å². The van der Waals surface area contributed by atoms with E-state index < -0.39 is 0 Å². The first-order valence-electron chi connectivity index (χ1n) is 8.24. The Kier molecular flexibility index (Phi) is 5.94. The van der Waals surface area contributed by atoms with Gasteiger partial charge < -0.3 is 5.41 Å². The molecule has 1 aromatic carbocycles. The van der Waals surface area contributed by atoms with Crippen molar-refractivity contribution in [1.29, 1.82) is 5.41 Å². The van der Waals surface area contributed by atoms with Crippen molar-refractivity contribution in [2.75, 3.05) is 0 Å². The Balaban J connectivity index is 2.10. The molecule has 2 rings (SSSR count). The first kappa shape index (κ1) is 16.5. The van der Waals surface area contributed by atoms with Crippen LogP contribution in [-0.4, -0.2) is 6.21 Å². The van der Waals surface area contributed by atoms with E-state index in [0.29, 0.717) is 0 Å². The Morgan fingerprint density at radius 3 is 2.55 bits per heavy atom. The largest absolute Gasteiger partial charge is 0.308 e. The molecule has 0 atom stereocenters. The molecule has 0 unspecified atom stereocenters. The second-order valence-corrected chi connectivity index (χ2v) is 6.55. The van der Waals surface area contributed by atoms with Crippen LogP contribution in [0.5, 0.6) is 0 Å². The smallest absolute Gasteiger partial charge is 0.0249 e. The minimum absolute atomic E-state index is 0.722. The van der Waals surface area contributed by atoms with Crippen molar-refractivity contribution in [1.82, 2.24) is 0 Å². The summed E-state index contributed by atoms with van der Waals surface area (Å²) in [6, 6.07) is 8.48. The standard InChI is InChI=1S/C21H27N/c1-16(2)14-18-8-10-20(11-9-18)21(15-22)13-12-19-7-5-4-6-17(19)3/h4-8,10,13,15-16,22H,9,11-12,14H2,1-3H3/b21-13+,22-15?. The molecule has 1 N–H and O–H groups in total. The second kappa shape index (κ2) is 7.93. The fraction of sp³-hybridized carbons (Fsp3) is 0.381. The van der Waals surface area contributed by atoms with E-state index in [0.717, 1.165) is 30.8 Å². The molecule has 1 heteroatoms. The van der Waals surface area contributed by atoms with Crippen molar-refractivity contribution in [3.05, 3.63) is 70.3 Å². The van der Waals surface area contributed by atoms with Crippen LogP contribution in [0.1, 0.15) is 44.2 Å². The lowest BCUT2D eigenvalue weighted by Gasteiger charge is -2.17. The van der Waals surface area contributed by atoms with Gasteiger partial charge in [-0.25, -0.2) is 0 Å². The molecule has 1 aromatic rings. The summed E-state index contributed by atoms with van der Waals surface area (Å²) in [6.45, 7) is 6.68. The quantitative estimate of drug-likeness (QED) is 0.640. The van der Waals surface area contributed by atoms with E-state index in [1.807, 2.05) is 0 Å². The molecule has 0 saturated heterocycles. The highest BCUT2D eigenvalue weighted by Gasteiger charge is 2.10. The average molecular weight is 293 g/mol. The first-order chi connectivity index (χ1) is 10.6. The number of hydrogen-bond acceptors (Lipinski definition) is 1. The van der Waals surface area contributed by atoms with E-state index in [-0.39, 0.29) is 0 Å². The van der Waals surface area contributed by atoms with Gasteiger partial charge in [0.15, 0.2) is 0 Å².